The Bertz CT molecular complexity index is 1400. The number of pyridine rings is 1. The van der Waals surface area contributed by atoms with E-state index in [1.807, 2.05) is 54.3 Å². The fraction of sp³-hybridized carbons (Fsp3) is 0.310. The van der Waals surface area contributed by atoms with Crippen LogP contribution in [0.3, 0.4) is 0 Å². The molecule has 0 spiro atoms. The lowest BCUT2D eigenvalue weighted by atomic mass is 10.1. The van der Waals surface area contributed by atoms with E-state index in [9.17, 15) is 4.79 Å². The van der Waals surface area contributed by atoms with Crippen LogP contribution in [0.25, 0.3) is 11.5 Å². The molecular formula is C29H32N8O. The molecule has 4 aromatic rings. The van der Waals surface area contributed by atoms with E-state index in [1.54, 1.807) is 24.5 Å². The van der Waals surface area contributed by atoms with Gasteiger partial charge in [-0.3, -0.25) is 9.69 Å². The number of rotatable bonds is 7. The predicted octanol–water partition coefficient (Wildman–Crippen LogP) is 4.14. The average molecular weight is 509 g/mol. The van der Waals surface area contributed by atoms with E-state index >= 15 is 0 Å². The van der Waals surface area contributed by atoms with Crippen LogP contribution in [0, 0.1) is 6.92 Å². The molecule has 3 aromatic heterocycles. The Morgan fingerprint density at radius 3 is 2.29 bits per heavy atom. The normalized spacial score (nSPS) is 14.1. The van der Waals surface area contributed by atoms with Crippen LogP contribution in [0.5, 0.6) is 0 Å². The minimum absolute atomic E-state index is 0.0903. The highest BCUT2D eigenvalue weighted by Gasteiger charge is 2.23. The number of aryl methyl sites for hydroxylation is 1. The second-order valence-electron chi connectivity index (χ2n) is 9.71. The van der Waals surface area contributed by atoms with Gasteiger partial charge in [0.15, 0.2) is 5.82 Å². The lowest BCUT2D eigenvalue weighted by Gasteiger charge is -2.37. The minimum Gasteiger partial charge on any atom is -0.336 e. The molecule has 0 bridgehead atoms. The van der Waals surface area contributed by atoms with Crippen molar-refractivity contribution in [2.24, 2.45) is 0 Å². The smallest absolute Gasteiger partial charge is 0.253 e. The molecule has 0 radical (unpaired) electrons. The Morgan fingerprint density at radius 2 is 1.58 bits per heavy atom. The number of aromatic nitrogens is 5. The van der Waals surface area contributed by atoms with Gasteiger partial charge >= 0.3 is 0 Å². The first-order valence-electron chi connectivity index (χ1n) is 12.9. The van der Waals surface area contributed by atoms with Gasteiger partial charge in [-0.15, -0.1) is 0 Å². The molecule has 1 aliphatic heterocycles. The van der Waals surface area contributed by atoms with Crippen LogP contribution in [-0.4, -0.2) is 72.8 Å². The summed E-state index contributed by atoms with van der Waals surface area (Å²) < 4.78 is 0. The summed E-state index contributed by atoms with van der Waals surface area (Å²) >= 11 is 0. The third-order valence-corrected chi connectivity index (χ3v) is 6.63. The van der Waals surface area contributed by atoms with Crippen LogP contribution in [0.2, 0.25) is 0 Å². The highest BCUT2D eigenvalue weighted by Crippen LogP contribution is 2.18. The van der Waals surface area contributed by atoms with Gasteiger partial charge in [0.25, 0.3) is 5.91 Å². The molecular weight excluding hydrogens is 476 g/mol. The molecule has 194 valence electrons. The summed E-state index contributed by atoms with van der Waals surface area (Å²) in [4.78, 5) is 39.8. The van der Waals surface area contributed by atoms with Crippen molar-refractivity contribution in [3.8, 4) is 11.5 Å². The Labute approximate surface area is 223 Å². The van der Waals surface area contributed by atoms with Crippen molar-refractivity contribution in [1.29, 1.82) is 0 Å². The molecule has 5 rings (SSSR count). The van der Waals surface area contributed by atoms with Crippen molar-refractivity contribution in [3.05, 3.63) is 89.6 Å². The number of amides is 1. The van der Waals surface area contributed by atoms with Gasteiger partial charge in [-0.1, -0.05) is 18.2 Å². The lowest BCUT2D eigenvalue weighted by molar-refractivity contribution is 0.0595. The zero-order valence-corrected chi connectivity index (χ0v) is 22.0. The number of hydrogen-bond donors (Lipinski definition) is 1. The summed E-state index contributed by atoms with van der Waals surface area (Å²) in [5, 5.41) is 3.24. The second kappa shape index (κ2) is 11.4. The standard InChI is InChI=1S/C29H32N8O/c1-20(2)36-15-17-37(18-16-36)29(38)23-9-7-22(8-10-23)19-27-30-13-11-25(34-27)33-26-12-14-31-28(35-26)24-6-4-5-21(3)32-24/h4-14,20H,15-19H2,1-3H3,(H,30,31,33,34,35). The summed E-state index contributed by atoms with van der Waals surface area (Å²) in [6.45, 7) is 9.70. The molecule has 4 heterocycles. The third-order valence-electron chi connectivity index (χ3n) is 6.63. The van der Waals surface area contributed by atoms with E-state index in [0.29, 0.717) is 41.3 Å². The maximum Gasteiger partial charge on any atom is 0.253 e. The van der Waals surface area contributed by atoms with Crippen molar-refractivity contribution < 1.29 is 4.79 Å². The molecule has 0 aliphatic carbocycles. The minimum atomic E-state index is 0.0903. The highest BCUT2D eigenvalue weighted by molar-refractivity contribution is 5.94. The van der Waals surface area contributed by atoms with E-state index in [2.05, 4.69) is 49.0 Å². The van der Waals surface area contributed by atoms with Crippen LogP contribution in [0.4, 0.5) is 11.6 Å². The SMILES string of the molecule is Cc1cccc(-c2nccc(Nc3ccnc(Cc4ccc(C(=O)N5CCN(C(C)C)CC5)cc4)n3)n2)n1. The number of nitrogens with one attached hydrogen (secondary N) is 1. The summed E-state index contributed by atoms with van der Waals surface area (Å²) in [5.41, 5.74) is 3.38. The van der Waals surface area contributed by atoms with Crippen LogP contribution in [-0.2, 0) is 6.42 Å². The Balaban J connectivity index is 1.22. The first-order valence-corrected chi connectivity index (χ1v) is 12.9. The molecule has 1 fully saturated rings. The van der Waals surface area contributed by atoms with E-state index < -0.39 is 0 Å². The third kappa shape index (κ3) is 6.18. The first-order chi connectivity index (χ1) is 18.4. The number of carbonyl (C=O) groups is 1. The van der Waals surface area contributed by atoms with E-state index in [0.717, 1.165) is 43.1 Å². The van der Waals surface area contributed by atoms with E-state index in [4.69, 9.17) is 0 Å². The van der Waals surface area contributed by atoms with Crippen molar-refractivity contribution in [3.63, 3.8) is 0 Å². The van der Waals surface area contributed by atoms with E-state index in [-0.39, 0.29) is 5.91 Å². The topological polar surface area (TPSA) is 100 Å². The van der Waals surface area contributed by atoms with Gasteiger partial charge in [-0.2, -0.15) is 0 Å². The maximum absolute atomic E-state index is 13.0. The van der Waals surface area contributed by atoms with Crippen LogP contribution >= 0.6 is 0 Å². The molecule has 1 saturated heterocycles. The average Bonchev–Trinajstić information content (AvgIpc) is 2.93. The molecule has 0 saturated carbocycles. The molecule has 1 aliphatic rings. The molecule has 9 heteroatoms. The molecule has 9 nitrogen and oxygen atoms in total. The number of benzene rings is 1. The van der Waals surface area contributed by atoms with Crippen molar-refractivity contribution in [2.45, 2.75) is 33.2 Å². The van der Waals surface area contributed by atoms with Gasteiger partial charge in [0.05, 0.1) is 0 Å². The van der Waals surface area contributed by atoms with E-state index in [1.165, 1.54) is 0 Å². The summed E-state index contributed by atoms with van der Waals surface area (Å²) in [7, 11) is 0. The van der Waals surface area contributed by atoms with Crippen molar-refractivity contribution in [2.75, 3.05) is 31.5 Å². The number of anilines is 2. The Hall–Kier alpha value is -4.24. The maximum atomic E-state index is 13.0. The fourth-order valence-corrected chi connectivity index (χ4v) is 4.48. The van der Waals surface area contributed by atoms with Gasteiger partial charge in [0.1, 0.15) is 23.2 Å². The molecule has 1 amide bonds. The van der Waals surface area contributed by atoms with Crippen LogP contribution in [0.1, 0.15) is 41.3 Å². The van der Waals surface area contributed by atoms with Crippen LogP contribution in [0.15, 0.2) is 67.0 Å². The van der Waals surface area contributed by atoms with Crippen molar-refractivity contribution >= 4 is 17.5 Å². The van der Waals surface area contributed by atoms with Crippen LogP contribution < -0.4 is 5.32 Å². The fourth-order valence-electron chi connectivity index (χ4n) is 4.48. The molecule has 0 unspecified atom stereocenters. The number of carbonyl (C=O) groups excluding carboxylic acids is 1. The zero-order valence-electron chi connectivity index (χ0n) is 22.0. The highest BCUT2D eigenvalue weighted by atomic mass is 16.2. The van der Waals surface area contributed by atoms with Gasteiger partial charge < -0.3 is 10.2 Å². The zero-order chi connectivity index (χ0) is 26.5. The summed E-state index contributed by atoms with van der Waals surface area (Å²) in [5.74, 6) is 2.58. The van der Waals surface area contributed by atoms with Gasteiger partial charge in [0.2, 0.25) is 0 Å². The summed E-state index contributed by atoms with van der Waals surface area (Å²) in [6.07, 6.45) is 3.98. The molecule has 0 atom stereocenters. The number of hydrogen-bond acceptors (Lipinski definition) is 8. The van der Waals surface area contributed by atoms with Gasteiger partial charge in [0, 0.05) is 62.3 Å². The Morgan fingerprint density at radius 1 is 0.868 bits per heavy atom. The quantitative estimate of drug-likeness (QED) is 0.398. The van der Waals surface area contributed by atoms with Gasteiger partial charge in [-0.25, -0.2) is 24.9 Å². The first kappa shape index (κ1) is 25.4. The largest absolute Gasteiger partial charge is 0.336 e. The molecule has 38 heavy (non-hydrogen) atoms. The lowest BCUT2D eigenvalue weighted by Crippen LogP contribution is -2.50. The summed E-state index contributed by atoms with van der Waals surface area (Å²) in [6, 6.07) is 17.6. The second-order valence-corrected chi connectivity index (χ2v) is 9.71. The predicted molar refractivity (Wildman–Crippen MR) is 147 cm³/mol. The number of piperazine rings is 1. The molecule has 1 aromatic carbocycles. The number of nitrogens with zero attached hydrogens (tertiary/aromatic N) is 7. The van der Waals surface area contributed by atoms with Gasteiger partial charge in [-0.05, 0) is 62.7 Å². The van der Waals surface area contributed by atoms with Crippen molar-refractivity contribution in [1.82, 2.24) is 34.7 Å². The monoisotopic (exact) mass is 508 g/mol. The molecule has 1 N–H and O–H groups in total. The Kier molecular flexibility index (Phi) is 7.65.